The molecule has 0 atom stereocenters. The highest BCUT2D eigenvalue weighted by molar-refractivity contribution is 5.93. The third-order valence-corrected chi connectivity index (χ3v) is 3.43. The second-order valence-corrected chi connectivity index (χ2v) is 5.00. The Morgan fingerprint density at radius 1 is 1.04 bits per heavy atom. The van der Waals surface area contributed by atoms with Gasteiger partial charge in [0.25, 0.3) is 0 Å². The normalized spacial score (nSPS) is 9.23. The average Bonchev–Trinajstić information content (AvgIpc) is 2.69. The first-order chi connectivity index (χ1) is 12.6. The van der Waals surface area contributed by atoms with Crippen LogP contribution in [0.3, 0.4) is 0 Å². The van der Waals surface area contributed by atoms with Crippen LogP contribution >= 0.6 is 0 Å². The highest BCUT2D eigenvalue weighted by Gasteiger charge is 2.11. The van der Waals surface area contributed by atoms with Crippen LogP contribution in [0, 0.1) is 22.7 Å². The van der Waals surface area contributed by atoms with Crippen LogP contribution in [0.25, 0.3) is 0 Å². The molecule has 0 radical (unpaired) electrons. The molecule has 0 amide bonds. The molecular formula is C19H16N4O3. The Morgan fingerprint density at radius 2 is 1.77 bits per heavy atom. The van der Waals surface area contributed by atoms with Crippen molar-refractivity contribution in [3.63, 3.8) is 0 Å². The molecule has 0 aliphatic carbocycles. The summed E-state index contributed by atoms with van der Waals surface area (Å²) in [6.45, 7) is 0. The zero-order valence-corrected chi connectivity index (χ0v) is 14.2. The van der Waals surface area contributed by atoms with E-state index in [1.165, 1.54) is 13.3 Å². The highest BCUT2D eigenvalue weighted by Crippen LogP contribution is 2.32. The second-order valence-electron chi connectivity index (χ2n) is 5.00. The number of hydrogen-bond donors (Lipinski definition) is 2. The summed E-state index contributed by atoms with van der Waals surface area (Å²) in [5.41, 5.74) is 2.05. The van der Waals surface area contributed by atoms with Crippen molar-refractivity contribution in [2.45, 2.75) is 0 Å². The Kier molecular flexibility index (Phi) is 6.19. The molecule has 2 rings (SSSR count). The monoisotopic (exact) mass is 348 g/mol. The van der Waals surface area contributed by atoms with Crippen molar-refractivity contribution in [1.29, 1.82) is 10.5 Å². The van der Waals surface area contributed by atoms with Gasteiger partial charge in [0.15, 0.2) is 0 Å². The number of nitriles is 2. The quantitative estimate of drug-likeness (QED) is 0.607. The SMILES string of the molecule is COC(=O)c1ccc(Nc2ccccc2OC)c(NC=C(C#N)C#N)c1. The summed E-state index contributed by atoms with van der Waals surface area (Å²) < 4.78 is 10.0. The van der Waals surface area contributed by atoms with Gasteiger partial charge in [-0.3, -0.25) is 0 Å². The Hall–Kier alpha value is -3.97. The van der Waals surface area contributed by atoms with Gasteiger partial charge in [0, 0.05) is 6.20 Å². The molecule has 7 heteroatoms. The van der Waals surface area contributed by atoms with E-state index in [4.69, 9.17) is 20.0 Å². The van der Waals surface area contributed by atoms with E-state index >= 15 is 0 Å². The third kappa shape index (κ3) is 4.31. The number of anilines is 3. The number of carbonyl (C=O) groups excluding carboxylic acids is 1. The molecule has 0 aliphatic rings. The molecular weight excluding hydrogens is 332 g/mol. The van der Waals surface area contributed by atoms with Crippen molar-refractivity contribution in [1.82, 2.24) is 0 Å². The van der Waals surface area contributed by atoms with E-state index < -0.39 is 5.97 Å². The number of nitrogens with zero attached hydrogens (tertiary/aromatic N) is 2. The van der Waals surface area contributed by atoms with Crippen molar-refractivity contribution >= 4 is 23.0 Å². The van der Waals surface area contributed by atoms with E-state index in [0.29, 0.717) is 28.4 Å². The van der Waals surface area contributed by atoms with Gasteiger partial charge in [-0.15, -0.1) is 0 Å². The van der Waals surface area contributed by atoms with E-state index in [1.807, 2.05) is 24.3 Å². The molecule has 0 unspecified atom stereocenters. The number of ether oxygens (including phenoxy) is 2. The van der Waals surface area contributed by atoms with Gasteiger partial charge < -0.3 is 20.1 Å². The lowest BCUT2D eigenvalue weighted by Gasteiger charge is -2.15. The predicted octanol–water partition coefficient (Wildman–Crippen LogP) is 3.57. The van der Waals surface area contributed by atoms with Crippen LogP contribution in [0.2, 0.25) is 0 Å². The summed E-state index contributed by atoms with van der Waals surface area (Å²) in [5.74, 6) is 0.141. The molecule has 130 valence electrons. The lowest BCUT2D eigenvalue weighted by atomic mass is 10.1. The molecule has 0 spiro atoms. The third-order valence-electron chi connectivity index (χ3n) is 3.43. The lowest BCUT2D eigenvalue weighted by molar-refractivity contribution is 0.0601. The van der Waals surface area contributed by atoms with Crippen LogP contribution in [-0.2, 0) is 4.74 Å². The number of benzene rings is 2. The van der Waals surface area contributed by atoms with Gasteiger partial charge in [-0.1, -0.05) is 12.1 Å². The topological polar surface area (TPSA) is 107 Å². The number of esters is 1. The summed E-state index contributed by atoms with van der Waals surface area (Å²) in [5, 5.41) is 23.8. The first-order valence-corrected chi connectivity index (χ1v) is 7.52. The van der Waals surface area contributed by atoms with E-state index in [1.54, 1.807) is 37.4 Å². The fraction of sp³-hybridized carbons (Fsp3) is 0.105. The summed E-state index contributed by atoms with van der Waals surface area (Å²) in [7, 11) is 2.86. The molecule has 2 aromatic rings. The van der Waals surface area contributed by atoms with Gasteiger partial charge in [0.2, 0.25) is 0 Å². The maximum atomic E-state index is 11.8. The number of carbonyl (C=O) groups is 1. The first kappa shape index (κ1) is 18.4. The van der Waals surface area contributed by atoms with Crippen molar-refractivity contribution < 1.29 is 14.3 Å². The molecule has 0 aliphatic heterocycles. The molecule has 0 saturated carbocycles. The van der Waals surface area contributed by atoms with Crippen LogP contribution in [0.5, 0.6) is 5.75 Å². The number of methoxy groups -OCH3 is 2. The minimum Gasteiger partial charge on any atom is -0.495 e. The minimum absolute atomic E-state index is 0.100. The van der Waals surface area contributed by atoms with E-state index in [2.05, 4.69) is 10.6 Å². The number of nitrogens with one attached hydrogen (secondary N) is 2. The lowest BCUT2D eigenvalue weighted by Crippen LogP contribution is -2.04. The Labute approximate surface area is 151 Å². The molecule has 7 nitrogen and oxygen atoms in total. The van der Waals surface area contributed by atoms with Crippen molar-refractivity contribution in [2.24, 2.45) is 0 Å². The zero-order valence-electron chi connectivity index (χ0n) is 14.2. The highest BCUT2D eigenvalue weighted by atomic mass is 16.5. The first-order valence-electron chi connectivity index (χ1n) is 7.52. The number of rotatable bonds is 6. The molecule has 2 N–H and O–H groups in total. The van der Waals surface area contributed by atoms with Crippen LogP contribution in [0.1, 0.15) is 10.4 Å². The Morgan fingerprint density at radius 3 is 2.42 bits per heavy atom. The van der Waals surface area contributed by atoms with Gasteiger partial charge in [0.1, 0.15) is 23.5 Å². The van der Waals surface area contributed by atoms with E-state index in [0.717, 1.165) is 0 Å². The van der Waals surface area contributed by atoms with Crippen LogP contribution in [0.4, 0.5) is 17.1 Å². The van der Waals surface area contributed by atoms with Crippen molar-refractivity contribution in [3.8, 4) is 17.9 Å². The number of para-hydroxylation sites is 2. The molecule has 2 aromatic carbocycles. The van der Waals surface area contributed by atoms with Crippen LogP contribution in [0.15, 0.2) is 54.2 Å². The number of hydrogen-bond acceptors (Lipinski definition) is 7. The zero-order chi connectivity index (χ0) is 18.9. The molecule has 0 saturated heterocycles. The summed E-state index contributed by atoms with van der Waals surface area (Å²) in [4.78, 5) is 11.8. The largest absolute Gasteiger partial charge is 0.495 e. The standard InChI is InChI=1S/C19H16N4O3/c1-25-18-6-4-3-5-16(18)23-15-8-7-14(19(24)26-2)9-17(15)22-12-13(10-20)11-21/h3-9,12,22-23H,1-2H3. The Balaban J connectivity index is 2.44. The minimum atomic E-state index is -0.498. The van der Waals surface area contributed by atoms with Crippen molar-refractivity contribution in [3.05, 3.63) is 59.8 Å². The van der Waals surface area contributed by atoms with Crippen LogP contribution < -0.4 is 15.4 Å². The summed E-state index contributed by atoms with van der Waals surface area (Å²) in [6.07, 6.45) is 1.27. The molecule has 0 aromatic heterocycles. The van der Waals surface area contributed by atoms with Gasteiger partial charge in [-0.25, -0.2) is 4.79 Å². The average molecular weight is 348 g/mol. The van der Waals surface area contributed by atoms with Crippen LogP contribution in [-0.4, -0.2) is 20.2 Å². The summed E-state index contributed by atoms with van der Waals surface area (Å²) in [6, 6.07) is 15.7. The van der Waals surface area contributed by atoms with Gasteiger partial charge in [-0.05, 0) is 30.3 Å². The predicted molar refractivity (Wildman–Crippen MR) is 97.0 cm³/mol. The molecule has 0 bridgehead atoms. The fourth-order valence-corrected chi connectivity index (χ4v) is 2.15. The van der Waals surface area contributed by atoms with Crippen molar-refractivity contribution in [2.75, 3.05) is 24.9 Å². The van der Waals surface area contributed by atoms with E-state index in [-0.39, 0.29) is 5.57 Å². The van der Waals surface area contributed by atoms with Gasteiger partial charge in [0.05, 0.1) is 36.8 Å². The summed E-state index contributed by atoms with van der Waals surface area (Å²) >= 11 is 0. The number of allylic oxidation sites excluding steroid dienone is 1. The van der Waals surface area contributed by atoms with E-state index in [9.17, 15) is 4.79 Å². The molecule has 26 heavy (non-hydrogen) atoms. The van der Waals surface area contributed by atoms with Gasteiger partial charge in [-0.2, -0.15) is 10.5 Å². The maximum Gasteiger partial charge on any atom is 0.337 e. The Bertz CT molecular complexity index is 907. The molecule has 0 fully saturated rings. The second kappa shape index (κ2) is 8.76. The fourth-order valence-electron chi connectivity index (χ4n) is 2.15. The molecule has 0 heterocycles. The smallest absolute Gasteiger partial charge is 0.337 e. The maximum absolute atomic E-state index is 11.8. The van der Waals surface area contributed by atoms with Gasteiger partial charge >= 0.3 is 5.97 Å².